The Labute approximate surface area is 79.0 Å². The van der Waals surface area contributed by atoms with Gasteiger partial charge in [-0.25, -0.2) is 0 Å². The molecule has 0 bridgehead atoms. The summed E-state index contributed by atoms with van der Waals surface area (Å²) >= 11 is 0. The normalized spacial score (nSPS) is 16.6. The van der Waals surface area contributed by atoms with Gasteiger partial charge in [-0.05, 0) is 20.8 Å². The summed E-state index contributed by atoms with van der Waals surface area (Å²) < 4.78 is 0. The average molecular weight is 186 g/mol. The average Bonchev–Trinajstić information content (AvgIpc) is 1.99. The summed E-state index contributed by atoms with van der Waals surface area (Å²) in [4.78, 5) is 0. The highest BCUT2D eigenvalue weighted by Gasteiger charge is 2.21. The Hall–Kier alpha value is -0.640. The van der Waals surface area contributed by atoms with Crippen LogP contribution in [0.1, 0.15) is 20.8 Å². The van der Waals surface area contributed by atoms with Crippen molar-refractivity contribution in [2.75, 3.05) is 6.61 Å². The number of hydrogen-bond donors (Lipinski definition) is 3. The molecule has 76 valence electrons. The molecule has 0 unspecified atom stereocenters. The van der Waals surface area contributed by atoms with Gasteiger partial charge in [0.2, 0.25) is 0 Å². The van der Waals surface area contributed by atoms with Crippen molar-refractivity contribution in [2.24, 2.45) is 0 Å². The molecule has 0 aromatic rings. The third kappa shape index (κ3) is 5.58. The molecule has 0 aromatic carbocycles. The minimum absolute atomic E-state index is 0.0191. The number of hydrogen-bond acceptors (Lipinski definition) is 3. The maximum Gasteiger partial charge on any atom is 0.101 e. The van der Waals surface area contributed by atoms with E-state index in [2.05, 4.69) is 0 Å². The molecule has 3 nitrogen and oxygen atoms in total. The van der Waals surface area contributed by atoms with Crippen LogP contribution in [-0.4, -0.2) is 33.6 Å². The Morgan fingerprint density at radius 1 is 1.46 bits per heavy atom. The molecular formula is C10H18O3. The van der Waals surface area contributed by atoms with Crippen LogP contribution in [0.5, 0.6) is 0 Å². The molecule has 0 heterocycles. The fraction of sp³-hybridized carbons (Fsp3) is 0.600. The molecule has 0 aliphatic rings. The van der Waals surface area contributed by atoms with Gasteiger partial charge in [-0.2, -0.15) is 0 Å². The maximum absolute atomic E-state index is 9.38. The van der Waals surface area contributed by atoms with Crippen molar-refractivity contribution in [3.05, 3.63) is 23.8 Å². The zero-order valence-corrected chi connectivity index (χ0v) is 8.36. The van der Waals surface area contributed by atoms with Gasteiger partial charge in [0.15, 0.2) is 0 Å². The second-order valence-corrected chi connectivity index (χ2v) is 3.59. The molecular weight excluding hydrogens is 168 g/mol. The molecule has 0 rings (SSSR count). The van der Waals surface area contributed by atoms with Crippen LogP contribution in [0.25, 0.3) is 0 Å². The summed E-state index contributed by atoms with van der Waals surface area (Å²) in [5.41, 5.74) is -0.276. The summed E-state index contributed by atoms with van der Waals surface area (Å²) in [5, 5.41) is 27.3. The molecule has 13 heavy (non-hydrogen) atoms. The van der Waals surface area contributed by atoms with Gasteiger partial charge in [0.25, 0.3) is 0 Å². The molecule has 0 saturated heterocycles. The quantitative estimate of drug-likeness (QED) is 0.564. The second-order valence-electron chi connectivity index (χ2n) is 3.59. The van der Waals surface area contributed by atoms with Gasteiger partial charge in [0.1, 0.15) is 6.10 Å². The Bertz CT molecular complexity index is 199. The van der Waals surface area contributed by atoms with Gasteiger partial charge >= 0.3 is 0 Å². The van der Waals surface area contributed by atoms with Crippen molar-refractivity contribution in [3.8, 4) is 0 Å². The first-order valence-corrected chi connectivity index (χ1v) is 4.24. The van der Waals surface area contributed by atoms with Crippen LogP contribution in [0.2, 0.25) is 0 Å². The van der Waals surface area contributed by atoms with E-state index in [0.29, 0.717) is 0 Å². The molecule has 3 N–H and O–H groups in total. The number of aliphatic hydroxyl groups excluding tert-OH is 2. The summed E-state index contributed by atoms with van der Waals surface area (Å²) in [7, 11) is 0. The fourth-order valence-electron chi connectivity index (χ4n) is 0.690. The van der Waals surface area contributed by atoms with Crippen LogP contribution in [0, 0.1) is 0 Å². The number of allylic oxidation sites excluding steroid dienone is 2. The van der Waals surface area contributed by atoms with E-state index >= 15 is 0 Å². The minimum Gasteiger partial charge on any atom is -0.392 e. The van der Waals surface area contributed by atoms with Crippen molar-refractivity contribution in [3.63, 3.8) is 0 Å². The summed E-state index contributed by atoms with van der Waals surface area (Å²) in [6.07, 6.45) is 3.89. The predicted molar refractivity (Wildman–Crippen MR) is 52.3 cm³/mol. The van der Waals surface area contributed by atoms with E-state index in [4.69, 9.17) is 5.11 Å². The van der Waals surface area contributed by atoms with Crippen LogP contribution < -0.4 is 0 Å². The lowest BCUT2D eigenvalue weighted by Crippen LogP contribution is -2.34. The number of aliphatic hydroxyl groups is 3. The molecule has 0 saturated carbocycles. The summed E-state index contributed by atoms with van der Waals surface area (Å²) in [5.74, 6) is 0. The zero-order valence-electron chi connectivity index (χ0n) is 8.36. The molecule has 0 radical (unpaired) electrons. The third-order valence-electron chi connectivity index (χ3n) is 1.68. The first-order valence-electron chi connectivity index (χ1n) is 4.24. The molecule has 0 fully saturated rings. The van der Waals surface area contributed by atoms with E-state index in [-0.39, 0.29) is 6.61 Å². The molecule has 0 spiro atoms. The first-order chi connectivity index (χ1) is 5.88. The van der Waals surface area contributed by atoms with Gasteiger partial charge in [0, 0.05) is 0 Å². The van der Waals surface area contributed by atoms with E-state index in [1.54, 1.807) is 12.2 Å². The van der Waals surface area contributed by atoms with E-state index in [1.165, 1.54) is 19.9 Å². The van der Waals surface area contributed by atoms with Crippen LogP contribution in [0.4, 0.5) is 0 Å². The molecule has 0 amide bonds. The number of rotatable bonds is 4. The largest absolute Gasteiger partial charge is 0.392 e. The highest BCUT2D eigenvalue weighted by Crippen LogP contribution is 2.10. The molecule has 0 aromatic heterocycles. The predicted octanol–water partition coefficient (Wildman–Crippen LogP) is 0.613. The van der Waals surface area contributed by atoms with Crippen molar-refractivity contribution in [2.45, 2.75) is 32.5 Å². The lowest BCUT2D eigenvalue weighted by Gasteiger charge is -2.21. The van der Waals surface area contributed by atoms with E-state index in [9.17, 15) is 10.2 Å². The molecule has 1 atom stereocenters. The lowest BCUT2D eigenvalue weighted by molar-refractivity contribution is -0.0226. The smallest absolute Gasteiger partial charge is 0.101 e. The van der Waals surface area contributed by atoms with E-state index in [1.807, 2.05) is 6.92 Å². The van der Waals surface area contributed by atoms with Crippen molar-refractivity contribution in [1.29, 1.82) is 0 Å². The monoisotopic (exact) mass is 186 g/mol. The third-order valence-corrected chi connectivity index (χ3v) is 1.68. The van der Waals surface area contributed by atoms with Gasteiger partial charge in [-0.3, -0.25) is 0 Å². The molecule has 0 aliphatic heterocycles. The molecule has 3 heteroatoms. The standard InChI is InChI=1S/C10H18O3/c1-8(6-7-11)4-5-9(12)10(2,3)13/h4-6,9,11-13H,7H2,1-3H3/b5-4+,8-6+/t9-/m1/s1. The second kappa shape index (κ2) is 5.17. The summed E-state index contributed by atoms with van der Waals surface area (Å²) in [6, 6.07) is 0. The topological polar surface area (TPSA) is 60.7 Å². The highest BCUT2D eigenvalue weighted by molar-refractivity contribution is 5.17. The summed E-state index contributed by atoms with van der Waals surface area (Å²) in [6.45, 7) is 4.86. The zero-order chi connectivity index (χ0) is 10.5. The minimum atomic E-state index is -1.13. The highest BCUT2D eigenvalue weighted by atomic mass is 16.3. The fourth-order valence-corrected chi connectivity index (χ4v) is 0.690. The Kier molecular flexibility index (Phi) is 4.91. The Morgan fingerprint density at radius 3 is 2.38 bits per heavy atom. The van der Waals surface area contributed by atoms with Crippen LogP contribution in [-0.2, 0) is 0 Å². The van der Waals surface area contributed by atoms with Crippen LogP contribution in [0.3, 0.4) is 0 Å². The van der Waals surface area contributed by atoms with Crippen LogP contribution in [0.15, 0.2) is 23.8 Å². The van der Waals surface area contributed by atoms with Gasteiger partial charge < -0.3 is 15.3 Å². The lowest BCUT2D eigenvalue weighted by atomic mass is 10.0. The maximum atomic E-state index is 9.38. The van der Waals surface area contributed by atoms with Crippen LogP contribution >= 0.6 is 0 Å². The Morgan fingerprint density at radius 2 is 2.00 bits per heavy atom. The van der Waals surface area contributed by atoms with Gasteiger partial charge in [-0.15, -0.1) is 0 Å². The SMILES string of the molecule is CC(/C=C/[C@@H](O)C(C)(C)O)=C\CO. The van der Waals surface area contributed by atoms with E-state index < -0.39 is 11.7 Å². The van der Waals surface area contributed by atoms with E-state index in [0.717, 1.165) is 5.57 Å². The van der Waals surface area contributed by atoms with Gasteiger partial charge in [-0.1, -0.05) is 23.8 Å². The first kappa shape index (κ1) is 12.4. The van der Waals surface area contributed by atoms with Gasteiger partial charge in [0.05, 0.1) is 12.2 Å². The van der Waals surface area contributed by atoms with Crippen molar-refractivity contribution < 1.29 is 15.3 Å². The molecule has 0 aliphatic carbocycles. The van der Waals surface area contributed by atoms with Crippen molar-refractivity contribution in [1.82, 2.24) is 0 Å². The van der Waals surface area contributed by atoms with Crippen molar-refractivity contribution >= 4 is 0 Å². The Balaban J connectivity index is 4.20.